The standard InChI is InChI=1S/C9H12N2O2S/c1-2-10-8(12)9(13)11-6-7-4-3-5-14-7/h3-5H,2,6H2,1H3,(H,10,12)(H,11,13). The van der Waals surface area contributed by atoms with Crippen LogP contribution in [0.2, 0.25) is 0 Å². The number of thiophene rings is 1. The van der Waals surface area contributed by atoms with E-state index in [1.807, 2.05) is 17.5 Å². The van der Waals surface area contributed by atoms with Crippen LogP contribution in [0.4, 0.5) is 0 Å². The highest BCUT2D eigenvalue weighted by molar-refractivity contribution is 7.09. The molecule has 0 aliphatic carbocycles. The fourth-order valence-electron chi connectivity index (χ4n) is 0.902. The Bertz CT molecular complexity index is 309. The minimum absolute atomic E-state index is 0.410. The van der Waals surface area contributed by atoms with Crippen molar-refractivity contribution in [2.75, 3.05) is 6.54 Å². The molecule has 2 amide bonds. The molecule has 1 aromatic rings. The highest BCUT2D eigenvalue weighted by atomic mass is 32.1. The van der Waals surface area contributed by atoms with Gasteiger partial charge in [-0.1, -0.05) is 6.07 Å². The summed E-state index contributed by atoms with van der Waals surface area (Å²) in [4.78, 5) is 23.1. The van der Waals surface area contributed by atoms with Crippen molar-refractivity contribution in [2.45, 2.75) is 13.5 Å². The van der Waals surface area contributed by atoms with E-state index in [0.29, 0.717) is 13.1 Å². The fourth-order valence-corrected chi connectivity index (χ4v) is 1.55. The van der Waals surface area contributed by atoms with E-state index in [2.05, 4.69) is 10.6 Å². The quantitative estimate of drug-likeness (QED) is 0.717. The van der Waals surface area contributed by atoms with Gasteiger partial charge >= 0.3 is 11.8 Å². The van der Waals surface area contributed by atoms with Gasteiger partial charge in [0.2, 0.25) is 0 Å². The molecule has 0 spiro atoms. The lowest BCUT2D eigenvalue weighted by Crippen LogP contribution is -2.39. The van der Waals surface area contributed by atoms with Crippen LogP contribution < -0.4 is 10.6 Å². The van der Waals surface area contributed by atoms with E-state index in [9.17, 15) is 9.59 Å². The first-order chi connectivity index (χ1) is 6.74. The van der Waals surface area contributed by atoms with Crippen molar-refractivity contribution in [1.29, 1.82) is 0 Å². The second-order valence-corrected chi connectivity index (χ2v) is 3.65. The van der Waals surface area contributed by atoms with Crippen LogP contribution in [0.3, 0.4) is 0 Å². The van der Waals surface area contributed by atoms with Gasteiger partial charge in [0, 0.05) is 11.4 Å². The molecule has 14 heavy (non-hydrogen) atoms. The summed E-state index contributed by atoms with van der Waals surface area (Å²) in [5, 5.41) is 6.88. The van der Waals surface area contributed by atoms with Gasteiger partial charge in [-0.05, 0) is 18.4 Å². The summed E-state index contributed by atoms with van der Waals surface area (Å²) in [7, 11) is 0. The molecule has 1 heterocycles. The summed E-state index contributed by atoms with van der Waals surface area (Å²) in [5.41, 5.74) is 0. The molecule has 0 unspecified atom stereocenters. The van der Waals surface area contributed by atoms with E-state index in [4.69, 9.17) is 0 Å². The van der Waals surface area contributed by atoms with Gasteiger partial charge in [-0.3, -0.25) is 9.59 Å². The van der Waals surface area contributed by atoms with Gasteiger partial charge in [-0.25, -0.2) is 0 Å². The van der Waals surface area contributed by atoms with Crippen LogP contribution >= 0.6 is 11.3 Å². The van der Waals surface area contributed by atoms with Crippen LogP contribution in [0.1, 0.15) is 11.8 Å². The number of carbonyl (C=O) groups is 2. The van der Waals surface area contributed by atoms with E-state index in [0.717, 1.165) is 4.88 Å². The molecule has 0 aliphatic rings. The monoisotopic (exact) mass is 212 g/mol. The van der Waals surface area contributed by atoms with Crippen molar-refractivity contribution < 1.29 is 9.59 Å². The third-order valence-corrected chi connectivity index (χ3v) is 2.42. The summed E-state index contributed by atoms with van der Waals surface area (Å²) >= 11 is 1.54. The lowest BCUT2D eigenvalue weighted by Gasteiger charge is -2.02. The number of rotatable bonds is 3. The Balaban J connectivity index is 2.31. The summed E-state index contributed by atoms with van der Waals surface area (Å²) < 4.78 is 0. The van der Waals surface area contributed by atoms with Crippen molar-refractivity contribution in [2.24, 2.45) is 0 Å². The molecule has 1 rings (SSSR count). The zero-order valence-corrected chi connectivity index (χ0v) is 8.69. The van der Waals surface area contributed by atoms with Gasteiger partial charge < -0.3 is 10.6 Å². The zero-order chi connectivity index (χ0) is 10.4. The molecule has 0 saturated heterocycles. The normalized spacial score (nSPS) is 9.50. The maximum Gasteiger partial charge on any atom is 0.309 e. The molecule has 2 N–H and O–H groups in total. The average molecular weight is 212 g/mol. The van der Waals surface area contributed by atoms with Crippen LogP contribution in [0.25, 0.3) is 0 Å². The average Bonchev–Trinajstić information content (AvgIpc) is 2.67. The Morgan fingerprint density at radius 2 is 2.07 bits per heavy atom. The van der Waals surface area contributed by atoms with Gasteiger partial charge in [0.05, 0.1) is 6.54 Å². The Kier molecular flexibility index (Phi) is 4.12. The summed E-state index contributed by atoms with van der Waals surface area (Å²) in [6.07, 6.45) is 0. The molecule has 76 valence electrons. The van der Waals surface area contributed by atoms with Gasteiger partial charge in [0.25, 0.3) is 0 Å². The van der Waals surface area contributed by atoms with Crippen molar-refractivity contribution >= 4 is 23.2 Å². The van der Waals surface area contributed by atoms with Gasteiger partial charge in [-0.15, -0.1) is 11.3 Å². The SMILES string of the molecule is CCNC(=O)C(=O)NCc1cccs1. The van der Waals surface area contributed by atoms with E-state index in [1.165, 1.54) is 0 Å². The molecule has 1 aromatic heterocycles. The first kappa shape index (κ1) is 10.7. The number of amides is 2. The molecule has 0 aromatic carbocycles. The molecule has 0 bridgehead atoms. The molecule has 0 atom stereocenters. The van der Waals surface area contributed by atoms with E-state index >= 15 is 0 Å². The van der Waals surface area contributed by atoms with Crippen LogP contribution in [0, 0.1) is 0 Å². The van der Waals surface area contributed by atoms with Crippen molar-refractivity contribution in [3.8, 4) is 0 Å². The molecule has 0 fully saturated rings. The van der Waals surface area contributed by atoms with Crippen molar-refractivity contribution in [3.63, 3.8) is 0 Å². The topological polar surface area (TPSA) is 58.2 Å². The molecular formula is C9H12N2O2S. The summed E-state index contributed by atoms with van der Waals surface area (Å²) in [6, 6.07) is 3.81. The number of nitrogens with one attached hydrogen (secondary N) is 2. The minimum atomic E-state index is -0.583. The van der Waals surface area contributed by atoms with Crippen LogP contribution in [0.15, 0.2) is 17.5 Å². The predicted octanol–water partition coefficient (Wildman–Crippen LogP) is 0.500. The number of likely N-dealkylation sites (N-methyl/N-ethyl adjacent to an activating group) is 1. The molecule has 0 aliphatic heterocycles. The number of hydrogen-bond donors (Lipinski definition) is 2. The lowest BCUT2D eigenvalue weighted by atomic mass is 10.4. The highest BCUT2D eigenvalue weighted by Crippen LogP contribution is 2.06. The summed E-state index contributed by atoms with van der Waals surface area (Å²) in [6.45, 7) is 2.64. The Morgan fingerprint density at radius 3 is 2.64 bits per heavy atom. The molecule has 0 saturated carbocycles. The second kappa shape index (κ2) is 5.39. The Labute approximate surface area is 86.3 Å². The zero-order valence-electron chi connectivity index (χ0n) is 7.87. The number of carbonyl (C=O) groups excluding carboxylic acids is 2. The lowest BCUT2D eigenvalue weighted by molar-refractivity contribution is -0.139. The van der Waals surface area contributed by atoms with Gasteiger partial charge in [0.1, 0.15) is 0 Å². The molecule has 0 radical (unpaired) electrons. The van der Waals surface area contributed by atoms with Gasteiger partial charge in [0.15, 0.2) is 0 Å². The summed E-state index contributed by atoms with van der Waals surface area (Å²) in [5.74, 6) is -1.16. The molecular weight excluding hydrogens is 200 g/mol. The third kappa shape index (κ3) is 3.18. The van der Waals surface area contributed by atoms with Crippen LogP contribution in [-0.4, -0.2) is 18.4 Å². The molecule has 4 nitrogen and oxygen atoms in total. The predicted molar refractivity (Wildman–Crippen MR) is 54.8 cm³/mol. The first-order valence-electron chi connectivity index (χ1n) is 4.32. The van der Waals surface area contributed by atoms with Gasteiger partial charge in [-0.2, -0.15) is 0 Å². The van der Waals surface area contributed by atoms with Crippen LogP contribution in [0.5, 0.6) is 0 Å². The second-order valence-electron chi connectivity index (χ2n) is 2.62. The smallest absolute Gasteiger partial charge is 0.309 e. The van der Waals surface area contributed by atoms with E-state index in [-0.39, 0.29) is 0 Å². The molecule has 5 heteroatoms. The minimum Gasteiger partial charge on any atom is -0.348 e. The first-order valence-corrected chi connectivity index (χ1v) is 5.20. The fraction of sp³-hybridized carbons (Fsp3) is 0.333. The van der Waals surface area contributed by atoms with E-state index in [1.54, 1.807) is 18.3 Å². The van der Waals surface area contributed by atoms with Crippen molar-refractivity contribution in [3.05, 3.63) is 22.4 Å². The maximum absolute atomic E-state index is 11.1. The number of hydrogen-bond acceptors (Lipinski definition) is 3. The van der Waals surface area contributed by atoms with Crippen LogP contribution in [-0.2, 0) is 16.1 Å². The largest absolute Gasteiger partial charge is 0.348 e. The van der Waals surface area contributed by atoms with E-state index < -0.39 is 11.8 Å². The Morgan fingerprint density at radius 1 is 1.36 bits per heavy atom. The Hall–Kier alpha value is -1.36. The maximum atomic E-state index is 11.1. The highest BCUT2D eigenvalue weighted by Gasteiger charge is 2.10. The van der Waals surface area contributed by atoms with Crippen molar-refractivity contribution in [1.82, 2.24) is 10.6 Å². The third-order valence-electron chi connectivity index (χ3n) is 1.55.